The Morgan fingerprint density at radius 3 is 2.50 bits per heavy atom. The van der Waals surface area contributed by atoms with E-state index in [-0.39, 0.29) is 19.0 Å². The maximum atomic E-state index is 13.0. The zero-order valence-corrected chi connectivity index (χ0v) is 24.1. The van der Waals surface area contributed by atoms with E-state index in [2.05, 4.69) is 16.3 Å². The van der Waals surface area contributed by atoms with Gasteiger partial charge in [-0.3, -0.25) is 25.3 Å². The first-order valence-corrected chi connectivity index (χ1v) is 14.8. The van der Waals surface area contributed by atoms with Gasteiger partial charge in [0.15, 0.2) is 6.10 Å². The van der Waals surface area contributed by atoms with Gasteiger partial charge in [-0.1, -0.05) is 48.6 Å². The number of carbonyl (C=O) groups excluding carboxylic acids is 1. The number of rotatable bonds is 11. The summed E-state index contributed by atoms with van der Waals surface area (Å²) in [6, 6.07) is 17.2. The molecule has 0 radical (unpaired) electrons. The van der Waals surface area contributed by atoms with E-state index >= 15 is 0 Å². The van der Waals surface area contributed by atoms with Crippen molar-refractivity contribution in [3.8, 4) is 5.75 Å². The normalized spacial score (nSPS) is 16.8. The minimum atomic E-state index is -0.808. The number of amides is 1. The van der Waals surface area contributed by atoms with Crippen LogP contribution in [-0.4, -0.2) is 78.7 Å². The lowest BCUT2D eigenvalue weighted by Gasteiger charge is -2.34. The molecule has 5 rings (SSSR count). The average Bonchev–Trinajstić information content (AvgIpc) is 3.43. The molecule has 2 aliphatic rings. The fraction of sp³-hybridized carbons (Fsp3) is 0.323. The number of nitrogens with two attached hydrogens (primary N) is 1. The summed E-state index contributed by atoms with van der Waals surface area (Å²) in [7, 11) is 0. The maximum absolute atomic E-state index is 13.0. The Hall–Kier alpha value is -4.19. The lowest BCUT2D eigenvalue weighted by Crippen LogP contribution is -2.48. The number of thiophene rings is 1. The van der Waals surface area contributed by atoms with E-state index in [0.717, 1.165) is 52.9 Å². The van der Waals surface area contributed by atoms with E-state index in [0.29, 0.717) is 30.3 Å². The third kappa shape index (κ3) is 7.55. The summed E-state index contributed by atoms with van der Waals surface area (Å²) >= 11 is 1.43. The van der Waals surface area contributed by atoms with Gasteiger partial charge in [0, 0.05) is 48.5 Å². The SMILES string of the molecule is N=C(N)c1cc2c(OC(COC(=O)NC3=CCCC=C3CN3CCN(CC(=O)O)CC3)c3ccccc3)cccc2s1. The van der Waals surface area contributed by atoms with Gasteiger partial charge in [0.2, 0.25) is 0 Å². The van der Waals surface area contributed by atoms with Crippen molar-refractivity contribution in [1.29, 1.82) is 5.41 Å². The van der Waals surface area contributed by atoms with Gasteiger partial charge in [-0.2, -0.15) is 0 Å². The van der Waals surface area contributed by atoms with Crippen LogP contribution in [0.25, 0.3) is 10.1 Å². The molecule has 10 nitrogen and oxygen atoms in total. The summed E-state index contributed by atoms with van der Waals surface area (Å²) in [5, 5.41) is 20.6. The number of hydrogen-bond donors (Lipinski definition) is 4. The Labute approximate surface area is 248 Å². The number of fused-ring (bicyclic) bond motifs is 1. The second kappa shape index (κ2) is 13.6. The summed E-state index contributed by atoms with van der Waals surface area (Å²) < 4.78 is 13.1. The maximum Gasteiger partial charge on any atom is 0.411 e. The van der Waals surface area contributed by atoms with Crippen LogP contribution in [0, 0.1) is 5.41 Å². The predicted molar refractivity (Wildman–Crippen MR) is 163 cm³/mol. The van der Waals surface area contributed by atoms with Crippen molar-refractivity contribution >= 4 is 39.3 Å². The number of carbonyl (C=O) groups is 2. The lowest BCUT2D eigenvalue weighted by atomic mass is 10.0. The number of nitrogens with zero attached hydrogens (tertiary/aromatic N) is 2. The molecule has 2 aromatic carbocycles. The number of allylic oxidation sites excluding steroid dienone is 2. The van der Waals surface area contributed by atoms with E-state index in [4.69, 9.17) is 25.7 Å². The molecule has 0 bridgehead atoms. The highest BCUT2D eigenvalue weighted by Crippen LogP contribution is 2.35. The first-order valence-electron chi connectivity index (χ1n) is 13.9. The number of benzene rings is 2. The number of hydrogen-bond acceptors (Lipinski definition) is 8. The van der Waals surface area contributed by atoms with Crippen LogP contribution in [0.4, 0.5) is 4.79 Å². The number of carboxylic acids is 1. The Morgan fingerprint density at radius 1 is 1.02 bits per heavy atom. The first kappa shape index (κ1) is 29.3. The van der Waals surface area contributed by atoms with Crippen LogP contribution in [-0.2, 0) is 9.53 Å². The number of carboxylic acid groups (broad SMARTS) is 1. The minimum Gasteiger partial charge on any atom is -0.481 e. The van der Waals surface area contributed by atoms with Crippen molar-refractivity contribution in [3.63, 3.8) is 0 Å². The molecule has 0 spiro atoms. The van der Waals surface area contributed by atoms with Crippen molar-refractivity contribution in [2.45, 2.75) is 18.9 Å². The molecular formula is C31H35N5O5S. The van der Waals surface area contributed by atoms with Crippen LogP contribution in [0.5, 0.6) is 5.75 Å². The van der Waals surface area contributed by atoms with Crippen molar-refractivity contribution in [2.24, 2.45) is 5.73 Å². The molecule has 3 aromatic rings. The summed E-state index contributed by atoms with van der Waals surface area (Å²) in [6.07, 6.45) is 4.78. The van der Waals surface area contributed by atoms with Crippen molar-refractivity contribution in [1.82, 2.24) is 15.1 Å². The topological polar surface area (TPSA) is 141 Å². The van der Waals surface area contributed by atoms with Crippen LogP contribution in [0.1, 0.15) is 29.4 Å². The Kier molecular flexibility index (Phi) is 9.52. The zero-order chi connectivity index (χ0) is 29.5. The quantitative estimate of drug-likeness (QED) is 0.191. The van der Waals surface area contributed by atoms with E-state index < -0.39 is 18.2 Å². The van der Waals surface area contributed by atoms with Crippen molar-refractivity contribution < 1.29 is 24.2 Å². The lowest BCUT2D eigenvalue weighted by molar-refractivity contribution is -0.138. The average molecular weight is 590 g/mol. The predicted octanol–water partition coefficient (Wildman–Crippen LogP) is 4.34. The van der Waals surface area contributed by atoms with Gasteiger partial charge in [0.25, 0.3) is 0 Å². The Bertz CT molecular complexity index is 1490. The van der Waals surface area contributed by atoms with Gasteiger partial charge >= 0.3 is 12.1 Å². The molecule has 1 amide bonds. The number of nitrogens with one attached hydrogen (secondary N) is 2. The molecule has 1 aliphatic heterocycles. The molecule has 5 N–H and O–H groups in total. The molecule has 11 heteroatoms. The molecule has 1 unspecified atom stereocenters. The summed E-state index contributed by atoms with van der Waals surface area (Å²) in [5.74, 6) is -0.178. The molecular weight excluding hydrogens is 554 g/mol. The van der Waals surface area contributed by atoms with E-state index in [1.165, 1.54) is 11.3 Å². The highest BCUT2D eigenvalue weighted by molar-refractivity contribution is 7.20. The largest absolute Gasteiger partial charge is 0.481 e. The van der Waals surface area contributed by atoms with Crippen LogP contribution >= 0.6 is 11.3 Å². The van der Waals surface area contributed by atoms with Crippen LogP contribution < -0.4 is 15.8 Å². The third-order valence-electron chi connectivity index (χ3n) is 7.30. The van der Waals surface area contributed by atoms with Crippen LogP contribution in [0.3, 0.4) is 0 Å². The smallest absolute Gasteiger partial charge is 0.411 e. The molecule has 0 saturated carbocycles. The first-order chi connectivity index (χ1) is 20.4. The molecule has 1 saturated heterocycles. The van der Waals surface area contributed by atoms with Crippen molar-refractivity contribution in [2.75, 3.05) is 45.9 Å². The number of nitrogen functional groups attached to an aromatic ring is 1. The molecule has 1 aliphatic carbocycles. The molecule has 42 heavy (non-hydrogen) atoms. The van der Waals surface area contributed by atoms with E-state index in [1.807, 2.05) is 65.6 Å². The minimum absolute atomic E-state index is 0.00615. The van der Waals surface area contributed by atoms with Gasteiger partial charge < -0.3 is 20.3 Å². The van der Waals surface area contributed by atoms with Crippen LogP contribution in [0.15, 0.2) is 78.0 Å². The zero-order valence-electron chi connectivity index (χ0n) is 23.3. The second-order valence-corrected chi connectivity index (χ2v) is 11.4. The van der Waals surface area contributed by atoms with Gasteiger partial charge in [0.05, 0.1) is 11.4 Å². The number of piperazine rings is 1. The molecule has 1 fully saturated rings. The van der Waals surface area contributed by atoms with Crippen molar-refractivity contribution in [3.05, 3.63) is 88.5 Å². The Balaban J connectivity index is 1.21. The van der Waals surface area contributed by atoms with Gasteiger partial charge in [0.1, 0.15) is 18.2 Å². The van der Waals surface area contributed by atoms with Crippen LogP contribution in [0.2, 0.25) is 0 Å². The molecule has 1 atom stereocenters. The number of amidine groups is 1. The summed E-state index contributed by atoms with van der Waals surface area (Å²) in [4.78, 5) is 28.9. The van der Waals surface area contributed by atoms with Gasteiger partial charge in [-0.05, 0) is 42.2 Å². The molecule has 2 heterocycles. The monoisotopic (exact) mass is 589 g/mol. The molecule has 220 valence electrons. The second-order valence-electron chi connectivity index (χ2n) is 10.3. The van der Waals surface area contributed by atoms with Gasteiger partial charge in [-0.25, -0.2) is 4.79 Å². The standard InChI is InChI=1S/C31H35N5O5S/c32-30(33)28-17-23-25(11-6-12-27(23)42-28)41-26(21-7-2-1-3-8-21)20-40-31(39)34-24-10-5-4-9-22(24)18-35-13-15-36(16-14-35)19-29(37)38/h1-3,6-12,17,26H,4-5,13-16,18-20H2,(H3,32,33)(H,34,39)(H,37,38). The fourth-order valence-corrected chi connectivity index (χ4v) is 6.07. The van der Waals surface area contributed by atoms with Gasteiger partial charge in [-0.15, -0.1) is 11.3 Å². The van der Waals surface area contributed by atoms with E-state index in [9.17, 15) is 9.59 Å². The highest BCUT2D eigenvalue weighted by Gasteiger charge is 2.23. The third-order valence-corrected chi connectivity index (χ3v) is 8.43. The number of aliphatic carboxylic acids is 1. The highest BCUT2D eigenvalue weighted by atomic mass is 32.1. The summed E-state index contributed by atoms with van der Waals surface area (Å²) in [5.41, 5.74) is 8.36. The summed E-state index contributed by atoms with van der Waals surface area (Å²) in [6.45, 7) is 3.66. The molecule has 1 aromatic heterocycles. The fourth-order valence-electron chi connectivity index (χ4n) is 5.13. The van der Waals surface area contributed by atoms with E-state index in [1.54, 1.807) is 0 Å². The Morgan fingerprint density at radius 2 is 1.76 bits per heavy atom. The number of ether oxygens (including phenoxy) is 2. The number of alkyl carbamates (subject to hydrolysis) is 1.